The Morgan fingerprint density at radius 2 is 1.96 bits per heavy atom. The first-order chi connectivity index (χ1) is 12.5. The highest BCUT2D eigenvalue weighted by atomic mass is 19.1. The van der Waals surface area contributed by atoms with Gasteiger partial charge in [-0.1, -0.05) is 6.07 Å². The number of benzene rings is 2. The lowest BCUT2D eigenvalue weighted by atomic mass is 10.2. The topological polar surface area (TPSA) is 89.0 Å². The molecule has 1 heterocycles. The maximum atomic E-state index is 13.7. The summed E-state index contributed by atoms with van der Waals surface area (Å²) in [6, 6.07) is 9.68. The van der Waals surface area contributed by atoms with Crippen LogP contribution in [-0.2, 0) is 4.74 Å². The van der Waals surface area contributed by atoms with Gasteiger partial charge in [0.1, 0.15) is 11.6 Å². The van der Waals surface area contributed by atoms with Gasteiger partial charge in [0.2, 0.25) is 5.95 Å². The third-order valence-corrected chi connectivity index (χ3v) is 3.29. The first kappa shape index (κ1) is 17.2. The number of anilines is 4. The molecule has 0 aliphatic heterocycles. The second-order valence-corrected chi connectivity index (χ2v) is 5.11. The van der Waals surface area contributed by atoms with Crippen molar-refractivity contribution in [2.45, 2.75) is 0 Å². The van der Waals surface area contributed by atoms with E-state index in [0.717, 1.165) is 12.1 Å². The van der Waals surface area contributed by atoms with Crippen LogP contribution in [0.1, 0.15) is 10.4 Å². The number of carbonyl (C=O) groups excluding carboxylic acids is 1. The molecule has 2 aromatic carbocycles. The van der Waals surface area contributed by atoms with Crippen LogP contribution in [-0.4, -0.2) is 28.3 Å². The minimum Gasteiger partial charge on any atom is -0.465 e. The van der Waals surface area contributed by atoms with Crippen LogP contribution in [0.4, 0.5) is 31.9 Å². The molecule has 3 rings (SSSR count). The summed E-state index contributed by atoms with van der Waals surface area (Å²) in [4.78, 5) is 15.7. The van der Waals surface area contributed by atoms with Gasteiger partial charge in [-0.05, 0) is 30.3 Å². The summed E-state index contributed by atoms with van der Waals surface area (Å²) >= 11 is 0. The first-order valence-corrected chi connectivity index (χ1v) is 7.42. The zero-order valence-corrected chi connectivity index (χ0v) is 13.5. The van der Waals surface area contributed by atoms with Crippen molar-refractivity contribution in [3.63, 3.8) is 0 Å². The molecule has 0 aliphatic carbocycles. The zero-order chi connectivity index (χ0) is 18.5. The molecular weight excluding hydrogens is 344 g/mol. The molecule has 0 fully saturated rings. The highest BCUT2D eigenvalue weighted by molar-refractivity contribution is 5.90. The van der Waals surface area contributed by atoms with Gasteiger partial charge in [0, 0.05) is 11.8 Å². The van der Waals surface area contributed by atoms with Gasteiger partial charge in [-0.2, -0.15) is 10.1 Å². The number of rotatable bonds is 5. The summed E-state index contributed by atoms with van der Waals surface area (Å²) < 4.78 is 31.3. The van der Waals surface area contributed by atoms with Crippen molar-refractivity contribution in [2.24, 2.45) is 0 Å². The van der Waals surface area contributed by atoms with E-state index in [1.807, 2.05) is 0 Å². The van der Waals surface area contributed by atoms with Gasteiger partial charge >= 0.3 is 5.97 Å². The molecule has 9 heteroatoms. The predicted octanol–water partition coefficient (Wildman–Crippen LogP) is 3.42. The Kier molecular flexibility index (Phi) is 4.97. The van der Waals surface area contributed by atoms with E-state index in [9.17, 15) is 13.6 Å². The van der Waals surface area contributed by atoms with Crippen molar-refractivity contribution in [1.82, 2.24) is 15.2 Å². The third kappa shape index (κ3) is 4.07. The highest BCUT2D eigenvalue weighted by Gasteiger charge is 2.09. The molecule has 0 radical (unpaired) electrons. The molecular formula is C17H13F2N5O2. The molecule has 2 N–H and O–H groups in total. The number of nitrogens with one attached hydrogen (secondary N) is 2. The maximum Gasteiger partial charge on any atom is 0.337 e. The number of carbonyl (C=O) groups is 1. The van der Waals surface area contributed by atoms with Crippen LogP contribution in [0.2, 0.25) is 0 Å². The monoisotopic (exact) mass is 357 g/mol. The van der Waals surface area contributed by atoms with E-state index in [2.05, 4.69) is 30.6 Å². The van der Waals surface area contributed by atoms with Gasteiger partial charge in [0.25, 0.3) is 0 Å². The Bertz CT molecular complexity index is 952. The van der Waals surface area contributed by atoms with Crippen LogP contribution in [0.25, 0.3) is 0 Å². The fourth-order valence-electron chi connectivity index (χ4n) is 2.12. The smallest absolute Gasteiger partial charge is 0.337 e. The second-order valence-electron chi connectivity index (χ2n) is 5.11. The average Bonchev–Trinajstić information content (AvgIpc) is 2.64. The molecule has 0 saturated heterocycles. The Hall–Kier alpha value is -3.62. The zero-order valence-electron chi connectivity index (χ0n) is 13.5. The fraction of sp³-hybridized carbons (Fsp3) is 0.0588. The molecule has 0 aliphatic rings. The summed E-state index contributed by atoms with van der Waals surface area (Å²) in [6.45, 7) is 0. The minimum atomic E-state index is -0.780. The number of halogens is 2. The van der Waals surface area contributed by atoms with Gasteiger partial charge in [-0.25, -0.2) is 13.6 Å². The lowest BCUT2D eigenvalue weighted by molar-refractivity contribution is 0.0601. The Labute approximate surface area is 147 Å². The molecule has 132 valence electrons. The second kappa shape index (κ2) is 7.51. The van der Waals surface area contributed by atoms with Gasteiger partial charge in [-0.15, -0.1) is 5.10 Å². The highest BCUT2D eigenvalue weighted by Crippen LogP contribution is 2.20. The van der Waals surface area contributed by atoms with E-state index in [1.165, 1.54) is 19.4 Å². The standard InChI is InChI=1S/C17H13F2N5O2/c1-26-16(25)10-3-2-4-12(7-10)21-15-9-20-24-17(23-15)22-14-6-5-11(18)8-13(14)19/h2-9H,1H3,(H2,21,22,23,24). The summed E-state index contributed by atoms with van der Waals surface area (Å²) in [7, 11) is 1.29. The van der Waals surface area contributed by atoms with E-state index in [1.54, 1.807) is 24.3 Å². The summed E-state index contributed by atoms with van der Waals surface area (Å²) in [5.41, 5.74) is 0.955. The molecule has 0 spiro atoms. The summed E-state index contributed by atoms with van der Waals surface area (Å²) in [5.74, 6) is -1.61. The van der Waals surface area contributed by atoms with E-state index >= 15 is 0 Å². The van der Waals surface area contributed by atoms with Crippen molar-refractivity contribution in [3.05, 3.63) is 65.9 Å². The van der Waals surface area contributed by atoms with Gasteiger partial charge in [0.15, 0.2) is 5.82 Å². The van der Waals surface area contributed by atoms with Gasteiger partial charge in [-0.3, -0.25) is 0 Å². The van der Waals surface area contributed by atoms with Crippen molar-refractivity contribution >= 4 is 29.1 Å². The molecule has 26 heavy (non-hydrogen) atoms. The van der Waals surface area contributed by atoms with Crippen molar-refractivity contribution in [1.29, 1.82) is 0 Å². The summed E-state index contributed by atoms with van der Waals surface area (Å²) in [6.07, 6.45) is 1.36. The third-order valence-electron chi connectivity index (χ3n) is 3.29. The summed E-state index contributed by atoms with van der Waals surface area (Å²) in [5, 5.41) is 13.1. The number of ether oxygens (including phenoxy) is 1. The minimum absolute atomic E-state index is 0.0121. The maximum absolute atomic E-state index is 13.7. The fourth-order valence-corrected chi connectivity index (χ4v) is 2.12. The Balaban J connectivity index is 1.78. The van der Waals surface area contributed by atoms with E-state index in [4.69, 9.17) is 0 Å². The molecule has 7 nitrogen and oxygen atoms in total. The molecule has 0 atom stereocenters. The Morgan fingerprint density at radius 3 is 2.73 bits per heavy atom. The predicted molar refractivity (Wildman–Crippen MR) is 90.5 cm³/mol. The van der Waals surface area contributed by atoms with E-state index in [0.29, 0.717) is 17.1 Å². The van der Waals surface area contributed by atoms with Crippen LogP contribution >= 0.6 is 0 Å². The lowest BCUT2D eigenvalue weighted by Gasteiger charge is -2.09. The molecule has 0 unspecified atom stereocenters. The van der Waals surface area contributed by atoms with Crippen molar-refractivity contribution in [2.75, 3.05) is 17.7 Å². The number of methoxy groups -OCH3 is 1. The molecule has 0 saturated carbocycles. The largest absolute Gasteiger partial charge is 0.465 e. The number of nitrogens with zero attached hydrogens (tertiary/aromatic N) is 3. The van der Waals surface area contributed by atoms with Crippen LogP contribution in [0.5, 0.6) is 0 Å². The lowest BCUT2D eigenvalue weighted by Crippen LogP contribution is -2.05. The normalized spacial score (nSPS) is 10.3. The molecule has 0 amide bonds. The van der Waals surface area contributed by atoms with E-state index in [-0.39, 0.29) is 11.6 Å². The van der Waals surface area contributed by atoms with E-state index < -0.39 is 17.6 Å². The molecule has 0 bridgehead atoms. The molecule has 3 aromatic rings. The number of aromatic nitrogens is 3. The average molecular weight is 357 g/mol. The van der Waals surface area contributed by atoms with Crippen molar-refractivity contribution in [3.8, 4) is 0 Å². The Morgan fingerprint density at radius 1 is 1.12 bits per heavy atom. The SMILES string of the molecule is COC(=O)c1cccc(Nc2cnnc(Nc3ccc(F)cc3F)n2)c1. The van der Waals surface area contributed by atoms with Crippen LogP contribution in [0, 0.1) is 11.6 Å². The van der Waals surface area contributed by atoms with Gasteiger partial charge in [0.05, 0.1) is 24.6 Å². The van der Waals surface area contributed by atoms with Crippen LogP contribution in [0.3, 0.4) is 0 Å². The van der Waals surface area contributed by atoms with Crippen LogP contribution in [0.15, 0.2) is 48.7 Å². The first-order valence-electron chi connectivity index (χ1n) is 7.42. The van der Waals surface area contributed by atoms with Gasteiger partial charge < -0.3 is 15.4 Å². The van der Waals surface area contributed by atoms with Crippen molar-refractivity contribution < 1.29 is 18.3 Å². The van der Waals surface area contributed by atoms with Crippen LogP contribution < -0.4 is 10.6 Å². The number of hydrogen-bond acceptors (Lipinski definition) is 7. The number of esters is 1. The quantitative estimate of drug-likeness (QED) is 0.676. The number of hydrogen-bond donors (Lipinski definition) is 2. The molecule has 1 aromatic heterocycles.